The van der Waals surface area contributed by atoms with E-state index in [1.807, 2.05) is 13.0 Å². The first-order chi connectivity index (χ1) is 27.4. The van der Waals surface area contributed by atoms with Gasteiger partial charge in [0.2, 0.25) is 15.7 Å². The largest absolute Gasteiger partial charge is 0.417 e. The molecule has 6 aromatic carbocycles. The van der Waals surface area contributed by atoms with Crippen molar-refractivity contribution in [1.29, 1.82) is 0 Å². The first-order valence-electron chi connectivity index (χ1n) is 17.5. The molecule has 14 heteroatoms. The number of carbonyl (C=O) groups is 4. The summed E-state index contributed by atoms with van der Waals surface area (Å²) in [5.74, 6) is 0.433. The van der Waals surface area contributed by atoms with Crippen molar-refractivity contribution >= 4 is 62.4 Å². The molecule has 0 bridgehead atoms. The van der Waals surface area contributed by atoms with E-state index in [0.717, 1.165) is 11.1 Å². The molecule has 0 atom stereocenters. The molecule has 5 amide bonds. The molecule has 0 aliphatic heterocycles. The quantitative estimate of drug-likeness (QED) is 0.0862. The molecular weight excluding hydrogens is 747 g/mol. The third-order valence-corrected chi connectivity index (χ3v) is 10.2. The Morgan fingerprint density at radius 2 is 0.947 bits per heavy atom. The lowest BCUT2D eigenvalue weighted by molar-refractivity contribution is -0.115. The van der Waals surface area contributed by atoms with Crippen LogP contribution in [-0.2, 0) is 21.1 Å². The Kier molecular flexibility index (Phi) is 12.3. The predicted octanol–water partition coefficient (Wildman–Crippen LogP) is 9.18. The van der Waals surface area contributed by atoms with Crippen molar-refractivity contribution in [3.8, 4) is 11.5 Å². The summed E-state index contributed by atoms with van der Waals surface area (Å²) in [6, 6.07) is 38.2. The van der Waals surface area contributed by atoms with E-state index >= 15 is 0 Å². The zero-order chi connectivity index (χ0) is 40.4. The number of urea groups is 1. The van der Waals surface area contributed by atoms with E-state index in [0.29, 0.717) is 45.5 Å². The normalized spacial score (nSPS) is 10.8. The maximum atomic E-state index is 13.4. The molecule has 0 aliphatic rings. The summed E-state index contributed by atoms with van der Waals surface area (Å²) in [6.45, 7) is 3.64. The molecule has 0 spiro atoms. The third-order valence-electron chi connectivity index (χ3n) is 8.46. The Bertz CT molecular complexity index is 2510. The van der Waals surface area contributed by atoms with Crippen LogP contribution in [0.25, 0.3) is 0 Å². The number of aryl methyl sites for hydroxylation is 2. The highest BCUT2D eigenvalue weighted by atomic mass is 32.2. The van der Waals surface area contributed by atoms with Crippen LogP contribution in [-0.4, -0.2) is 32.5 Å². The number of benzene rings is 6. The zero-order valence-corrected chi connectivity index (χ0v) is 31.6. The summed E-state index contributed by atoms with van der Waals surface area (Å²) in [7, 11) is -3.94. The summed E-state index contributed by atoms with van der Waals surface area (Å²) in [5, 5.41) is 13.5. The summed E-state index contributed by atoms with van der Waals surface area (Å²) in [5.41, 5.74) is 4.29. The maximum absolute atomic E-state index is 13.4. The number of para-hydroxylation sites is 2. The highest BCUT2D eigenvalue weighted by molar-refractivity contribution is 7.91. The summed E-state index contributed by atoms with van der Waals surface area (Å²) in [4.78, 5) is 50.4. The van der Waals surface area contributed by atoms with Gasteiger partial charge in [-0.1, -0.05) is 48.5 Å². The summed E-state index contributed by atoms with van der Waals surface area (Å²) >= 11 is 0. The SMILES string of the molecule is Cc1ccc(NC(=O)Oc2ccccc2)cc1CC(=O)Nc1ccc(S(=O)(=O)c2ccc(NC(=O)Nc3ccc(C)c(NC(=O)Oc4ccccc4)c3)cc2)cc1. The molecule has 0 radical (unpaired) electrons. The summed E-state index contributed by atoms with van der Waals surface area (Å²) in [6.07, 6.45) is -1.35. The van der Waals surface area contributed by atoms with Gasteiger partial charge in [-0.25, -0.2) is 22.8 Å². The van der Waals surface area contributed by atoms with Crippen molar-refractivity contribution in [1.82, 2.24) is 0 Å². The van der Waals surface area contributed by atoms with E-state index in [4.69, 9.17) is 9.47 Å². The molecule has 0 saturated heterocycles. The lowest BCUT2D eigenvalue weighted by atomic mass is 10.0. The fraction of sp³-hybridized carbons (Fsp3) is 0.0698. The first kappa shape index (κ1) is 39.2. The first-order valence-corrected chi connectivity index (χ1v) is 19.0. The van der Waals surface area contributed by atoms with E-state index < -0.39 is 28.1 Å². The van der Waals surface area contributed by atoms with Crippen LogP contribution in [0.4, 0.5) is 42.8 Å². The topological polar surface area (TPSA) is 181 Å². The van der Waals surface area contributed by atoms with Crippen LogP contribution >= 0.6 is 0 Å². The van der Waals surface area contributed by atoms with Crippen LogP contribution in [0.2, 0.25) is 0 Å². The average molecular weight is 784 g/mol. The van der Waals surface area contributed by atoms with Gasteiger partial charge in [0.05, 0.1) is 16.2 Å². The van der Waals surface area contributed by atoms with Crippen molar-refractivity contribution in [3.05, 3.63) is 162 Å². The standard InChI is InChI=1S/C43H37N5O8S/c1-28-13-15-33(47-42(51)55-35-9-5-3-6-10-35)25-30(28)26-40(49)44-31-17-21-37(22-18-31)57(53,54)38-23-19-32(20-24-38)45-41(50)46-34-16-14-29(2)39(27-34)48-43(52)56-36-11-7-4-8-12-36/h3-25,27H,26H2,1-2H3,(H,44,49)(H,47,51)(H,48,52)(H2,45,46,50). The number of ether oxygens (including phenoxy) is 2. The molecule has 57 heavy (non-hydrogen) atoms. The van der Waals surface area contributed by atoms with Crippen LogP contribution in [0.3, 0.4) is 0 Å². The Labute approximate surface area is 329 Å². The van der Waals surface area contributed by atoms with Gasteiger partial charge < -0.3 is 25.4 Å². The van der Waals surface area contributed by atoms with Gasteiger partial charge in [-0.3, -0.25) is 15.4 Å². The predicted molar refractivity (Wildman–Crippen MR) is 218 cm³/mol. The Balaban J connectivity index is 1.01. The van der Waals surface area contributed by atoms with Crippen LogP contribution < -0.4 is 36.1 Å². The maximum Gasteiger partial charge on any atom is 0.417 e. The molecule has 0 heterocycles. The van der Waals surface area contributed by atoms with Crippen molar-refractivity contribution in [2.75, 3.05) is 26.6 Å². The highest BCUT2D eigenvalue weighted by Crippen LogP contribution is 2.26. The zero-order valence-electron chi connectivity index (χ0n) is 30.7. The van der Waals surface area contributed by atoms with Crippen molar-refractivity contribution in [2.24, 2.45) is 0 Å². The Morgan fingerprint density at radius 1 is 0.491 bits per heavy atom. The molecule has 6 rings (SSSR count). The van der Waals surface area contributed by atoms with Gasteiger partial charge in [-0.2, -0.15) is 0 Å². The van der Waals surface area contributed by atoms with Crippen molar-refractivity contribution in [3.63, 3.8) is 0 Å². The second kappa shape index (κ2) is 17.8. The number of rotatable bonds is 11. The minimum Gasteiger partial charge on any atom is -0.410 e. The lowest BCUT2D eigenvalue weighted by Crippen LogP contribution is -2.20. The second-order valence-electron chi connectivity index (χ2n) is 12.7. The van der Waals surface area contributed by atoms with E-state index in [-0.39, 0.29) is 22.1 Å². The number of hydrogen-bond donors (Lipinski definition) is 5. The third kappa shape index (κ3) is 10.8. The molecule has 0 aromatic heterocycles. The van der Waals surface area contributed by atoms with Gasteiger partial charge in [-0.05, 0) is 128 Å². The lowest BCUT2D eigenvalue weighted by Gasteiger charge is -2.13. The minimum absolute atomic E-state index is 0.00139. The number of anilines is 5. The average Bonchev–Trinajstić information content (AvgIpc) is 3.18. The highest BCUT2D eigenvalue weighted by Gasteiger charge is 2.19. The number of sulfone groups is 1. The fourth-order valence-corrected chi connectivity index (χ4v) is 6.75. The Morgan fingerprint density at radius 3 is 1.51 bits per heavy atom. The van der Waals surface area contributed by atoms with Gasteiger partial charge in [0.25, 0.3) is 0 Å². The monoisotopic (exact) mass is 783 g/mol. The van der Waals surface area contributed by atoms with Crippen molar-refractivity contribution in [2.45, 2.75) is 30.1 Å². The molecule has 13 nitrogen and oxygen atoms in total. The molecule has 0 unspecified atom stereocenters. The van der Waals surface area contributed by atoms with Gasteiger partial charge >= 0.3 is 18.2 Å². The minimum atomic E-state index is -3.94. The van der Waals surface area contributed by atoms with E-state index in [1.165, 1.54) is 48.5 Å². The number of hydrogen-bond acceptors (Lipinski definition) is 8. The molecule has 6 aromatic rings. The molecule has 5 N–H and O–H groups in total. The van der Waals surface area contributed by atoms with Crippen LogP contribution in [0, 0.1) is 13.8 Å². The number of amides is 5. The van der Waals surface area contributed by atoms with E-state index in [9.17, 15) is 27.6 Å². The Hall–Kier alpha value is -7.45. The van der Waals surface area contributed by atoms with Crippen LogP contribution in [0.15, 0.2) is 155 Å². The fourth-order valence-electron chi connectivity index (χ4n) is 5.49. The smallest absolute Gasteiger partial charge is 0.410 e. The molecular formula is C43H37N5O8S. The van der Waals surface area contributed by atoms with Gasteiger partial charge in [0.1, 0.15) is 11.5 Å². The summed E-state index contributed by atoms with van der Waals surface area (Å²) < 4.78 is 37.4. The number of nitrogens with one attached hydrogen (secondary N) is 5. The van der Waals surface area contributed by atoms with Gasteiger partial charge in [-0.15, -0.1) is 0 Å². The second-order valence-corrected chi connectivity index (χ2v) is 14.6. The van der Waals surface area contributed by atoms with E-state index in [1.54, 1.807) is 97.9 Å². The molecule has 0 aliphatic carbocycles. The van der Waals surface area contributed by atoms with Crippen LogP contribution in [0.5, 0.6) is 11.5 Å². The molecule has 0 saturated carbocycles. The van der Waals surface area contributed by atoms with Gasteiger partial charge in [0, 0.05) is 28.4 Å². The van der Waals surface area contributed by atoms with Gasteiger partial charge in [0.15, 0.2) is 0 Å². The molecule has 0 fully saturated rings. The molecule has 288 valence electrons. The number of carbonyl (C=O) groups excluding carboxylic acids is 4. The van der Waals surface area contributed by atoms with Crippen molar-refractivity contribution < 1.29 is 37.1 Å². The van der Waals surface area contributed by atoms with Crippen LogP contribution in [0.1, 0.15) is 16.7 Å². The van der Waals surface area contributed by atoms with E-state index in [2.05, 4.69) is 26.6 Å².